The van der Waals surface area contributed by atoms with Crippen LogP contribution in [0.15, 0.2) is 24.3 Å². The minimum atomic E-state index is -0.935. The van der Waals surface area contributed by atoms with Crippen LogP contribution in [0.1, 0.15) is 13.8 Å². The number of hydrogen-bond acceptors (Lipinski definition) is 3. The van der Waals surface area contributed by atoms with Crippen LogP contribution in [0.2, 0.25) is 0 Å². The number of carbonyl (C=O) groups excluding carboxylic acids is 2. The molecule has 5 nitrogen and oxygen atoms in total. The molecule has 15 heavy (non-hydrogen) atoms. The molecule has 5 heteroatoms. The van der Waals surface area contributed by atoms with E-state index in [-0.39, 0.29) is 6.61 Å². The Bertz CT molecular complexity index is 350. The minimum Gasteiger partial charge on any atom is -0.452 e. The van der Waals surface area contributed by atoms with Crippen molar-refractivity contribution < 1.29 is 19.1 Å². The second kappa shape index (κ2) is 7.41. The zero-order valence-corrected chi connectivity index (χ0v) is 8.64. The zero-order chi connectivity index (χ0) is 11.7. The lowest BCUT2D eigenvalue weighted by molar-refractivity contribution is -0.140. The molecule has 0 amide bonds. The number of hydrogen-bond donors (Lipinski definition) is 0. The van der Waals surface area contributed by atoms with Crippen molar-refractivity contribution in [3.05, 3.63) is 29.8 Å². The number of carbonyl (C=O) groups is 2. The third kappa shape index (κ3) is 5.33. The number of ketones is 1. The maximum Gasteiger partial charge on any atom is 0.441 e. The Kier molecular flexibility index (Phi) is 6.42. The van der Waals surface area contributed by atoms with Crippen LogP contribution in [0.25, 0.3) is 5.53 Å². The second-order valence-electron chi connectivity index (χ2n) is 2.56. The van der Waals surface area contributed by atoms with Gasteiger partial charge in [-0.3, -0.25) is 4.79 Å². The van der Waals surface area contributed by atoms with Gasteiger partial charge in [-0.05, 0) is 13.0 Å². The van der Waals surface area contributed by atoms with Gasteiger partial charge in [0.25, 0.3) is 0 Å². The molecular weight excluding hydrogens is 196 g/mol. The van der Waals surface area contributed by atoms with E-state index in [9.17, 15) is 9.59 Å². The van der Waals surface area contributed by atoms with Gasteiger partial charge in [0.15, 0.2) is 0 Å². The molecule has 0 saturated carbocycles. The van der Waals surface area contributed by atoms with Crippen molar-refractivity contribution in [2.24, 2.45) is 0 Å². The van der Waals surface area contributed by atoms with E-state index in [1.807, 2.05) is 13.0 Å². The number of allylic oxidation sites excluding steroid dienone is 3. The van der Waals surface area contributed by atoms with Crippen LogP contribution in [0.4, 0.5) is 0 Å². The van der Waals surface area contributed by atoms with E-state index in [0.29, 0.717) is 0 Å². The second-order valence-corrected chi connectivity index (χ2v) is 2.56. The van der Waals surface area contributed by atoms with Crippen LogP contribution in [-0.2, 0) is 14.3 Å². The normalized spacial score (nSPS) is 10.3. The number of nitrogens with zero attached hydrogens (tertiary/aromatic N) is 2. The van der Waals surface area contributed by atoms with Gasteiger partial charge >= 0.3 is 11.7 Å². The van der Waals surface area contributed by atoms with Crippen LogP contribution in [0.3, 0.4) is 0 Å². The molecule has 0 fully saturated rings. The highest BCUT2D eigenvalue weighted by atomic mass is 16.5. The highest BCUT2D eigenvalue weighted by molar-refractivity contribution is 6.61. The molecule has 0 N–H and O–H groups in total. The molecule has 0 rings (SSSR count). The fourth-order valence-corrected chi connectivity index (χ4v) is 0.692. The molecule has 0 radical (unpaired) electrons. The zero-order valence-electron chi connectivity index (χ0n) is 8.64. The van der Waals surface area contributed by atoms with Gasteiger partial charge in [0.1, 0.15) is 6.61 Å². The average molecular weight is 208 g/mol. The van der Waals surface area contributed by atoms with E-state index < -0.39 is 17.5 Å². The molecule has 0 aliphatic rings. The number of rotatable bonds is 5. The highest BCUT2D eigenvalue weighted by Crippen LogP contribution is 1.86. The Hall–Kier alpha value is -2.00. The topological polar surface area (TPSA) is 79.8 Å². The van der Waals surface area contributed by atoms with E-state index in [4.69, 9.17) is 5.53 Å². The highest BCUT2D eigenvalue weighted by Gasteiger charge is 2.26. The van der Waals surface area contributed by atoms with Crippen molar-refractivity contribution >= 4 is 17.5 Å². The monoisotopic (exact) mass is 208 g/mol. The summed E-state index contributed by atoms with van der Waals surface area (Å²) in [5.74, 6) is -1.57. The van der Waals surface area contributed by atoms with E-state index in [0.717, 1.165) is 6.92 Å². The van der Waals surface area contributed by atoms with E-state index in [2.05, 4.69) is 9.53 Å². The Morgan fingerprint density at radius 3 is 2.53 bits per heavy atom. The average Bonchev–Trinajstić information content (AvgIpc) is 2.18. The molecule has 0 unspecified atom stereocenters. The predicted molar refractivity (Wildman–Crippen MR) is 54.2 cm³/mol. The lowest BCUT2D eigenvalue weighted by Gasteiger charge is -1.94. The SMILES string of the molecule is C/C=C/C=C/COC(=O)C(=[N+]=[N-])C(C)=O. The molecule has 0 spiro atoms. The summed E-state index contributed by atoms with van der Waals surface area (Å²) in [7, 11) is 0. The van der Waals surface area contributed by atoms with Crippen molar-refractivity contribution in [1.29, 1.82) is 0 Å². The van der Waals surface area contributed by atoms with Crippen LogP contribution >= 0.6 is 0 Å². The first kappa shape index (κ1) is 13.0. The summed E-state index contributed by atoms with van der Waals surface area (Å²) in [6.07, 6.45) is 6.86. The van der Waals surface area contributed by atoms with E-state index in [1.54, 1.807) is 18.2 Å². The molecule has 0 atom stereocenters. The van der Waals surface area contributed by atoms with Crippen molar-refractivity contribution in [2.75, 3.05) is 6.61 Å². The smallest absolute Gasteiger partial charge is 0.441 e. The van der Waals surface area contributed by atoms with Crippen LogP contribution in [0.5, 0.6) is 0 Å². The van der Waals surface area contributed by atoms with Gasteiger partial charge in [-0.15, -0.1) is 0 Å². The Morgan fingerprint density at radius 1 is 1.40 bits per heavy atom. The van der Waals surface area contributed by atoms with E-state index in [1.165, 1.54) is 0 Å². The summed E-state index contributed by atoms with van der Waals surface area (Å²) < 4.78 is 4.63. The Balaban J connectivity index is 4.15. The van der Waals surface area contributed by atoms with E-state index >= 15 is 0 Å². The van der Waals surface area contributed by atoms with Gasteiger partial charge in [0, 0.05) is 6.92 Å². The van der Waals surface area contributed by atoms with Crippen molar-refractivity contribution in [1.82, 2.24) is 0 Å². The summed E-state index contributed by atoms with van der Waals surface area (Å²) >= 11 is 0. The summed E-state index contributed by atoms with van der Waals surface area (Å²) in [6, 6.07) is 0. The first-order valence-corrected chi connectivity index (χ1v) is 4.31. The Morgan fingerprint density at radius 2 is 2.07 bits per heavy atom. The fraction of sp³-hybridized carbons (Fsp3) is 0.300. The van der Waals surface area contributed by atoms with Crippen LogP contribution in [0, 0.1) is 0 Å². The molecule has 80 valence electrons. The maximum absolute atomic E-state index is 11.1. The number of Topliss-reactive ketones (excluding diaryl/α,β-unsaturated/α-hetero) is 1. The first-order chi connectivity index (χ1) is 7.13. The van der Waals surface area contributed by atoms with Crippen LogP contribution in [-0.4, -0.2) is 28.9 Å². The summed E-state index contributed by atoms with van der Waals surface area (Å²) in [6.45, 7) is 2.99. The van der Waals surface area contributed by atoms with Gasteiger partial charge < -0.3 is 10.3 Å². The van der Waals surface area contributed by atoms with Gasteiger partial charge in [-0.1, -0.05) is 18.2 Å². The molecule has 0 aromatic rings. The van der Waals surface area contributed by atoms with Gasteiger partial charge in [0.2, 0.25) is 5.78 Å². The lowest BCUT2D eigenvalue weighted by atomic mass is 10.3. The summed E-state index contributed by atoms with van der Waals surface area (Å²) in [5, 5.41) is 0. The third-order valence-electron chi connectivity index (χ3n) is 1.38. The molecule has 0 aliphatic carbocycles. The van der Waals surface area contributed by atoms with Gasteiger partial charge in [-0.25, -0.2) is 4.79 Å². The molecule has 0 bridgehead atoms. The van der Waals surface area contributed by atoms with Crippen molar-refractivity contribution in [3.8, 4) is 0 Å². The lowest BCUT2D eigenvalue weighted by Crippen LogP contribution is -2.25. The van der Waals surface area contributed by atoms with Crippen molar-refractivity contribution in [2.45, 2.75) is 13.8 Å². The number of esters is 1. The number of ether oxygens (including phenoxy) is 1. The molecule has 0 aromatic heterocycles. The van der Waals surface area contributed by atoms with Crippen LogP contribution < -0.4 is 0 Å². The molecular formula is C10H12N2O3. The third-order valence-corrected chi connectivity index (χ3v) is 1.38. The first-order valence-electron chi connectivity index (χ1n) is 4.31. The minimum absolute atomic E-state index is 0.0233. The van der Waals surface area contributed by atoms with Gasteiger partial charge in [0.05, 0.1) is 0 Å². The quantitative estimate of drug-likeness (QED) is 0.168. The van der Waals surface area contributed by atoms with Crippen molar-refractivity contribution in [3.63, 3.8) is 0 Å². The molecule has 0 aromatic carbocycles. The largest absolute Gasteiger partial charge is 0.452 e. The fourth-order valence-electron chi connectivity index (χ4n) is 0.692. The van der Waals surface area contributed by atoms with Gasteiger partial charge in [-0.2, -0.15) is 4.79 Å². The summed E-state index contributed by atoms with van der Waals surface area (Å²) in [5.41, 5.74) is 7.74. The molecule has 0 saturated heterocycles. The summed E-state index contributed by atoms with van der Waals surface area (Å²) in [4.78, 5) is 24.4. The molecule has 0 heterocycles. The maximum atomic E-state index is 11.1. The molecule has 0 aliphatic heterocycles. The Labute approximate surface area is 87.7 Å². The predicted octanol–water partition coefficient (Wildman–Crippen LogP) is 0.922. The standard InChI is InChI=1S/C10H12N2O3/c1-3-4-5-6-7-15-10(14)9(12-11)8(2)13/h3-6H,7H2,1-2H3/b4-3+,6-5+.